The van der Waals surface area contributed by atoms with Gasteiger partial charge in [0.2, 0.25) is 0 Å². The van der Waals surface area contributed by atoms with Gasteiger partial charge in [0, 0.05) is 5.92 Å². The van der Waals surface area contributed by atoms with Crippen molar-refractivity contribution in [2.45, 2.75) is 57.8 Å². The van der Waals surface area contributed by atoms with Gasteiger partial charge in [-0.2, -0.15) is 0 Å². The molecule has 2 nitrogen and oxygen atoms in total. The molecular formula is C23H32O2. The summed E-state index contributed by atoms with van der Waals surface area (Å²) in [5.41, 5.74) is 2.72. The summed E-state index contributed by atoms with van der Waals surface area (Å²) >= 11 is 0. The van der Waals surface area contributed by atoms with Crippen LogP contribution in [0.4, 0.5) is 0 Å². The molecule has 2 rings (SSSR count). The normalized spacial score (nSPS) is 10.9. The Morgan fingerprint density at radius 3 is 1.52 bits per heavy atom. The molecule has 136 valence electrons. The Kier molecular flexibility index (Phi) is 8.38. The van der Waals surface area contributed by atoms with Gasteiger partial charge in [-0.05, 0) is 41.8 Å². The Hall–Kier alpha value is -1.96. The van der Waals surface area contributed by atoms with Crippen LogP contribution in [0.1, 0.15) is 68.9 Å². The molecule has 0 fully saturated rings. The number of hydrogen-bond acceptors (Lipinski definition) is 2. The van der Waals surface area contributed by atoms with E-state index in [0.717, 1.165) is 11.5 Å². The number of hydrogen-bond donors (Lipinski definition) is 0. The van der Waals surface area contributed by atoms with E-state index in [0.29, 0.717) is 5.92 Å². The van der Waals surface area contributed by atoms with Crippen LogP contribution in [-0.4, -0.2) is 14.2 Å². The van der Waals surface area contributed by atoms with E-state index >= 15 is 0 Å². The number of methoxy groups -OCH3 is 2. The van der Waals surface area contributed by atoms with Crippen LogP contribution >= 0.6 is 0 Å². The Bertz CT molecular complexity index is 539. The van der Waals surface area contributed by atoms with Gasteiger partial charge in [0.15, 0.2) is 0 Å². The molecule has 0 aliphatic rings. The van der Waals surface area contributed by atoms with E-state index in [-0.39, 0.29) is 0 Å². The zero-order valence-corrected chi connectivity index (χ0v) is 16.0. The molecule has 0 N–H and O–H groups in total. The van der Waals surface area contributed by atoms with Crippen LogP contribution in [0.25, 0.3) is 0 Å². The zero-order valence-electron chi connectivity index (χ0n) is 16.0. The van der Waals surface area contributed by atoms with E-state index in [1.807, 2.05) is 0 Å². The maximum Gasteiger partial charge on any atom is 0.118 e. The van der Waals surface area contributed by atoms with Crippen molar-refractivity contribution in [2.75, 3.05) is 14.2 Å². The highest BCUT2D eigenvalue weighted by atomic mass is 16.5. The summed E-state index contributed by atoms with van der Waals surface area (Å²) in [5, 5.41) is 0. The van der Waals surface area contributed by atoms with Crippen molar-refractivity contribution in [3.8, 4) is 11.5 Å². The third kappa shape index (κ3) is 6.12. The molecule has 0 radical (unpaired) electrons. The second-order valence-electron chi connectivity index (χ2n) is 6.66. The van der Waals surface area contributed by atoms with Gasteiger partial charge in [-0.1, -0.05) is 69.7 Å². The molecule has 2 aromatic rings. The first-order chi connectivity index (χ1) is 12.3. The highest BCUT2D eigenvalue weighted by Crippen LogP contribution is 2.32. The van der Waals surface area contributed by atoms with Crippen molar-refractivity contribution in [3.05, 3.63) is 59.7 Å². The molecule has 0 saturated carbocycles. The van der Waals surface area contributed by atoms with Gasteiger partial charge in [-0.15, -0.1) is 0 Å². The van der Waals surface area contributed by atoms with E-state index < -0.39 is 0 Å². The summed E-state index contributed by atoms with van der Waals surface area (Å²) in [4.78, 5) is 0. The van der Waals surface area contributed by atoms with Crippen molar-refractivity contribution in [1.82, 2.24) is 0 Å². The lowest BCUT2D eigenvalue weighted by atomic mass is 9.86. The molecule has 0 aliphatic carbocycles. The fourth-order valence-electron chi connectivity index (χ4n) is 3.33. The smallest absolute Gasteiger partial charge is 0.118 e. The second kappa shape index (κ2) is 10.8. The summed E-state index contributed by atoms with van der Waals surface area (Å²) in [6, 6.07) is 17.0. The third-order valence-electron chi connectivity index (χ3n) is 4.88. The highest BCUT2D eigenvalue weighted by Gasteiger charge is 2.14. The SMILES string of the molecule is CCCCCCCCC(c1ccc(OC)cc1)c1ccc(OC)cc1. The highest BCUT2D eigenvalue weighted by molar-refractivity contribution is 5.38. The average molecular weight is 341 g/mol. The van der Waals surface area contributed by atoms with E-state index in [1.165, 1.54) is 56.1 Å². The number of rotatable bonds is 11. The minimum absolute atomic E-state index is 0.433. The van der Waals surface area contributed by atoms with Gasteiger partial charge in [0.1, 0.15) is 11.5 Å². The number of unbranched alkanes of at least 4 members (excludes halogenated alkanes) is 5. The molecule has 0 unspecified atom stereocenters. The molecule has 2 aromatic carbocycles. The van der Waals surface area contributed by atoms with Crippen LogP contribution < -0.4 is 9.47 Å². The van der Waals surface area contributed by atoms with Gasteiger partial charge in [-0.3, -0.25) is 0 Å². The van der Waals surface area contributed by atoms with Crippen LogP contribution in [0.15, 0.2) is 48.5 Å². The van der Waals surface area contributed by atoms with Gasteiger partial charge in [0.05, 0.1) is 14.2 Å². The van der Waals surface area contributed by atoms with E-state index in [4.69, 9.17) is 9.47 Å². The van der Waals surface area contributed by atoms with E-state index in [2.05, 4.69) is 55.5 Å². The fraction of sp³-hybridized carbons (Fsp3) is 0.478. The summed E-state index contributed by atoms with van der Waals surface area (Å²) in [5.74, 6) is 2.26. The Labute approximate surface area is 153 Å². The first-order valence-electron chi connectivity index (χ1n) is 9.56. The predicted octanol–water partition coefficient (Wildman–Crippen LogP) is 6.59. The van der Waals surface area contributed by atoms with Gasteiger partial charge >= 0.3 is 0 Å². The molecule has 2 heteroatoms. The minimum atomic E-state index is 0.433. The van der Waals surface area contributed by atoms with Crippen molar-refractivity contribution < 1.29 is 9.47 Å². The lowest BCUT2D eigenvalue weighted by Gasteiger charge is -2.19. The van der Waals surface area contributed by atoms with E-state index in [1.54, 1.807) is 14.2 Å². The molecule has 0 saturated heterocycles. The fourth-order valence-corrected chi connectivity index (χ4v) is 3.33. The topological polar surface area (TPSA) is 18.5 Å². The average Bonchev–Trinajstić information content (AvgIpc) is 2.68. The second-order valence-corrected chi connectivity index (χ2v) is 6.66. The maximum atomic E-state index is 5.30. The van der Waals surface area contributed by atoms with Crippen molar-refractivity contribution >= 4 is 0 Å². The van der Waals surface area contributed by atoms with Crippen molar-refractivity contribution in [2.24, 2.45) is 0 Å². The Morgan fingerprint density at radius 2 is 1.08 bits per heavy atom. The molecule has 0 atom stereocenters. The molecule has 25 heavy (non-hydrogen) atoms. The quantitative estimate of drug-likeness (QED) is 0.430. The number of ether oxygens (including phenoxy) is 2. The lowest BCUT2D eigenvalue weighted by Crippen LogP contribution is -2.02. The number of benzene rings is 2. The summed E-state index contributed by atoms with van der Waals surface area (Å²) < 4.78 is 10.6. The molecule has 0 aromatic heterocycles. The predicted molar refractivity (Wildman–Crippen MR) is 106 cm³/mol. The van der Waals surface area contributed by atoms with Crippen LogP contribution in [-0.2, 0) is 0 Å². The standard InChI is InChI=1S/C23H32O2/c1-4-5-6-7-8-9-10-23(19-11-15-21(24-2)16-12-19)20-13-17-22(25-3)18-14-20/h11-18,23H,4-10H2,1-3H3. The largest absolute Gasteiger partial charge is 0.497 e. The molecule has 0 bridgehead atoms. The summed E-state index contributed by atoms with van der Waals surface area (Å²) in [6.07, 6.45) is 9.17. The van der Waals surface area contributed by atoms with Crippen LogP contribution in [0.3, 0.4) is 0 Å². The van der Waals surface area contributed by atoms with Crippen LogP contribution in [0, 0.1) is 0 Å². The molecule has 0 amide bonds. The van der Waals surface area contributed by atoms with Crippen molar-refractivity contribution in [3.63, 3.8) is 0 Å². The zero-order chi connectivity index (χ0) is 17.9. The van der Waals surface area contributed by atoms with E-state index in [9.17, 15) is 0 Å². The van der Waals surface area contributed by atoms with Gasteiger partial charge in [-0.25, -0.2) is 0 Å². The first-order valence-corrected chi connectivity index (χ1v) is 9.56. The minimum Gasteiger partial charge on any atom is -0.497 e. The molecule has 0 spiro atoms. The Balaban J connectivity index is 2.06. The lowest BCUT2D eigenvalue weighted by molar-refractivity contribution is 0.414. The molecule has 0 aliphatic heterocycles. The van der Waals surface area contributed by atoms with Crippen molar-refractivity contribution in [1.29, 1.82) is 0 Å². The maximum absolute atomic E-state index is 5.30. The summed E-state index contributed by atoms with van der Waals surface area (Å²) in [6.45, 7) is 2.27. The van der Waals surface area contributed by atoms with Gasteiger partial charge < -0.3 is 9.47 Å². The Morgan fingerprint density at radius 1 is 0.640 bits per heavy atom. The molecule has 0 heterocycles. The van der Waals surface area contributed by atoms with Gasteiger partial charge in [0.25, 0.3) is 0 Å². The summed E-state index contributed by atoms with van der Waals surface area (Å²) in [7, 11) is 3.43. The van der Waals surface area contributed by atoms with Crippen LogP contribution in [0.2, 0.25) is 0 Å². The first kappa shape index (κ1) is 19.4. The molecular weight excluding hydrogens is 308 g/mol. The van der Waals surface area contributed by atoms with Crippen LogP contribution in [0.5, 0.6) is 11.5 Å². The monoisotopic (exact) mass is 340 g/mol. The third-order valence-corrected chi connectivity index (χ3v) is 4.88.